The minimum atomic E-state index is -4.00. The van der Waals surface area contributed by atoms with Gasteiger partial charge in [-0.05, 0) is 49.2 Å². The zero-order valence-corrected chi connectivity index (χ0v) is 13.4. The number of fused-ring (bicyclic) bond motifs is 1. The number of rotatable bonds is 1. The summed E-state index contributed by atoms with van der Waals surface area (Å²) >= 11 is 0. The van der Waals surface area contributed by atoms with E-state index in [-0.39, 0.29) is 4.90 Å². The van der Waals surface area contributed by atoms with E-state index < -0.39 is 20.6 Å². The Labute approximate surface area is 134 Å². The highest BCUT2D eigenvalue weighted by atomic mass is 32.2. The summed E-state index contributed by atoms with van der Waals surface area (Å²) in [6.07, 6.45) is 1.29. The van der Waals surface area contributed by atoms with Crippen molar-refractivity contribution in [2.45, 2.75) is 18.7 Å². The molecule has 0 bridgehead atoms. The van der Waals surface area contributed by atoms with E-state index in [4.69, 9.17) is 0 Å². The molecule has 6 heteroatoms. The van der Waals surface area contributed by atoms with E-state index in [1.54, 1.807) is 11.0 Å². The van der Waals surface area contributed by atoms with Crippen molar-refractivity contribution in [1.29, 1.82) is 5.26 Å². The Hall–Kier alpha value is -2.65. The quantitative estimate of drug-likeness (QED) is 0.800. The van der Waals surface area contributed by atoms with Gasteiger partial charge in [0.2, 0.25) is 9.84 Å². The number of benzene rings is 2. The lowest BCUT2D eigenvalue weighted by Crippen LogP contribution is -2.22. The number of nitriles is 1. The van der Waals surface area contributed by atoms with Crippen LogP contribution in [0.5, 0.6) is 0 Å². The molecule has 0 aliphatic carbocycles. The van der Waals surface area contributed by atoms with Crippen LogP contribution in [0.25, 0.3) is 0 Å². The van der Waals surface area contributed by atoms with Crippen molar-refractivity contribution in [1.82, 2.24) is 0 Å². The van der Waals surface area contributed by atoms with Gasteiger partial charge < -0.3 is 4.90 Å². The van der Waals surface area contributed by atoms with E-state index in [9.17, 15) is 18.1 Å². The molecule has 0 fully saturated rings. The van der Waals surface area contributed by atoms with E-state index in [0.717, 1.165) is 22.9 Å². The molecule has 1 aliphatic heterocycles. The van der Waals surface area contributed by atoms with E-state index >= 15 is 0 Å². The molecule has 0 amide bonds. The van der Waals surface area contributed by atoms with Gasteiger partial charge in [-0.15, -0.1) is 0 Å². The maximum absolute atomic E-state index is 13.6. The zero-order valence-electron chi connectivity index (χ0n) is 12.5. The van der Waals surface area contributed by atoms with Crippen molar-refractivity contribution in [3.63, 3.8) is 0 Å². The van der Waals surface area contributed by atoms with Crippen LogP contribution in [0.4, 0.5) is 15.8 Å². The van der Waals surface area contributed by atoms with Crippen LogP contribution in [0.2, 0.25) is 0 Å². The normalized spacial score (nSPS) is 15.6. The van der Waals surface area contributed by atoms with Gasteiger partial charge in [-0.25, -0.2) is 12.8 Å². The summed E-state index contributed by atoms with van der Waals surface area (Å²) in [4.78, 5) is 1.02. The molecule has 0 N–H and O–H groups in total. The fourth-order valence-corrected chi connectivity index (χ4v) is 3.87. The Bertz CT molecular complexity index is 988. The van der Waals surface area contributed by atoms with Crippen LogP contribution in [-0.4, -0.2) is 8.42 Å². The number of nitrogens with zero attached hydrogens (tertiary/aromatic N) is 2. The Kier molecular flexibility index (Phi) is 3.46. The first-order chi connectivity index (χ1) is 10.9. The average Bonchev–Trinajstić information content (AvgIpc) is 2.51. The smallest absolute Gasteiger partial charge is 0.220 e. The highest BCUT2D eigenvalue weighted by Gasteiger charge is 2.33. The molecule has 0 saturated heterocycles. The lowest BCUT2D eigenvalue weighted by atomic mass is 10.1. The van der Waals surface area contributed by atoms with Gasteiger partial charge >= 0.3 is 0 Å². The van der Waals surface area contributed by atoms with Crippen LogP contribution in [0.3, 0.4) is 0 Å². The maximum atomic E-state index is 13.6. The summed E-state index contributed by atoms with van der Waals surface area (Å²) < 4.78 is 38.4. The van der Waals surface area contributed by atoms with Crippen molar-refractivity contribution >= 4 is 21.2 Å². The maximum Gasteiger partial charge on any atom is 0.220 e. The van der Waals surface area contributed by atoms with Gasteiger partial charge in [-0.1, -0.05) is 12.1 Å². The minimum absolute atomic E-state index is 0.197. The van der Waals surface area contributed by atoms with Crippen molar-refractivity contribution in [3.8, 4) is 6.07 Å². The summed E-state index contributed by atoms with van der Waals surface area (Å²) in [5.74, 6) is -0.660. The Morgan fingerprint density at radius 2 is 1.87 bits per heavy atom. The third-order valence-electron chi connectivity index (χ3n) is 3.95. The van der Waals surface area contributed by atoms with E-state index in [2.05, 4.69) is 0 Å². The lowest BCUT2D eigenvalue weighted by molar-refractivity contribution is 0.596. The van der Waals surface area contributed by atoms with Crippen LogP contribution < -0.4 is 4.90 Å². The molecule has 23 heavy (non-hydrogen) atoms. The van der Waals surface area contributed by atoms with Gasteiger partial charge in [0.05, 0.1) is 10.6 Å². The molecular weight excluding hydrogens is 315 g/mol. The van der Waals surface area contributed by atoms with Gasteiger partial charge in [0.25, 0.3) is 0 Å². The Morgan fingerprint density at radius 1 is 1.13 bits per heavy atom. The second kappa shape index (κ2) is 5.21. The lowest BCUT2D eigenvalue weighted by Gasteiger charge is -2.29. The molecule has 0 saturated carbocycles. The monoisotopic (exact) mass is 328 g/mol. The predicted molar refractivity (Wildman–Crippen MR) is 85.3 cm³/mol. The summed E-state index contributed by atoms with van der Waals surface area (Å²) in [6, 6.07) is 10.9. The predicted octanol–water partition coefficient (Wildman–Crippen LogP) is 3.73. The third kappa shape index (κ3) is 2.30. The summed E-state index contributed by atoms with van der Waals surface area (Å²) in [5.41, 5.74) is 3.07. The van der Waals surface area contributed by atoms with Crippen LogP contribution in [0.1, 0.15) is 11.1 Å². The van der Waals surface area contributed by atoms with Gasteiger partial charge in [-0.2, -0.15) is 5.26 Å². The standard InChI is InChI=1S/C17H13FN2O2S/c1-11-4-3-5-15(12(11)2)20-10-14(9-19)23(21,22)17-8-13(18)6-7-16(17)20/h3-8,10H,1-2H3. The molecule has 0 atom stereocenters. The fourth-order valence-electron chi connectivity index (χ4n) is 2.56. The van der Waals surface area contributed by atoms with E-state index in [0.29, 0.717) is 5.69 Å². The molecule has 2 aromatic rings. The Morgan fingerprint density at radius 3 is 2.57 bits per heavy atom. The molecule has 4 nitrogen and oxygen atoms in total. The molecule has 0 radical (unpaired) electrons. The summed E-state index contributed by atoms with van der Waals surface area (Å²) in [5, 5.41) is 9.19. The first kappa shape index (κ1) is 15.3. The number of sulfone groups is 1. The second-order valence-corrected chi connectivity index (χ2v) is 7.20. The molecule has 0 aromatic heterocycles. The topological polar surface area (TPSA) is 61.2 Å². The number of aryl methyl sites for hydroxylation is 1. The number of hydrogen-bond acceptors (Lipinski definition) is 4. The van der Waals surface area contributed by atoms with Crippen LogP contribution in [-0.2, 0) is 9.84 Å². The highest BCUT2D eigenvalue weighted by molar-refractivity contribution is 7.95. The molecule has 0 unspecified atom stereocenters. The van der Waals surface area contributed by atoms with Crippen molar-refractivity contribution < 1.29 is 12.8 Å². The zero-order chi connectivity index (χ0) is 16.8. The molecule has 1 heterocycles. The summed E-state index contributed by atoms with van der Waals surface area (Å²) in [7, 11) is -4.00. The highest BCUT2D eigenvalue weighted by Crippen LogP contribution is 2.40. The second-order valence-electron chi connectivity index (χ2n) is 5.31. The van der Waals surface area contributed by atoms with Crippen LogP contribution in [0.15, 0.2) is 52.4 Å². The van der Waals surface area contributed by atoms with Crippen molar-refractivity contribution in [2.24, 2.45) is 0 Å². The van der Waals surface area contributed by atoms with E-state index in [1.807, 2.05) is 32.0 Å². The largest absolute Gasteiger partial charge is 0.314 e. The van der Waals surface area contributed by atoms with Gasteiger partial charge in [-0.3, -0.25) is 0 Å². The van der Waals surface area contributed by atoms with Gasteiger partial charge in [0.1, 0.15) is 11.9 Å². The molecular formula is C17H13FN2O2S. The minimum Gasteiger partial charge on any atom is -0.314 e. The SMILES string of the molecule is Cc1cccc(N2C=C(C#N)S(=O)(=O)c3cc(F)ccc32)c1C. The number of anilines is 2. The fraction of sp³-hybridized carbons (Fsp3) is 0.118. The van der Waals surface area contributed by atoms with Crippen LogP contribution >= 0.6 is 0 Å². The molecule has 1 aliphatic rings. The van der Waals surface area contributed by atoms with Crippen molar-refractivity contribution in [3.05, 3.63) is 64.4 Å². The number of allylic oxidation sites excluding steroid dienone is 1. The average molecular weight is 328 g/mol. The molecule has 0 spiro atoms. The molecule has 116 valence electrons. The number of hydrogen-bond donors (Lipinski definition) is 0. The molecule has 2 aromatic carbocycles. The van der Waals surface area contributed by atoms with Crippen molar-refractivity contribution in [2.75, 3.05) is 4.90 Å². The first-order valence-electron chi connectivity index (χ1n) is 6.88. The summed E-state index contributed by atoms with van der Waals surface area (Å²) in [6.45, 7) is 3.86. The van der Waals surface area contributed by atoms with Gasteiger partial charge in [0, 0.05) is 11.9 Å². The van der Waals surface area contributed by atoms with E-state index in [1.165, 1.54) is 18.3 Å². The first-order valence-corrected chi connectivity index (χ1v) is 8.36. The number of halogens is 1. The molecule has 3 rings (SSSR count). The van der Waals surface area contributed by atoms with Crippen LogP contribution in [0, 0.1) is 31.0 Å². The third-order valence-corrected chi connectivity index (χ3v) is 5.63. The van der Waals surface area contributed by atoms with Gasteiger partial charge in [0.15, 0.2) is 4.91 Å². The Balaban J connectivity index is 2.35.